The van der Waals surface area contributed by atoms with Gasteiger partial charge in [-0.15, -0.1) is 0 Å². The van der Waals surface area contributed by atoms with Gasteiger partial charge in [0.15, 0.2) is 5.78 Å². The quantitative estimate of drug-likeness (QED) is 0.655. The van der Waals surface area contributed by atoms with Gasteiger partial charge in [-0.05, 0) is 25.1 Å². The Balaban J connectivity index is 2.16. The van der Waals surface area contributed by atoms with E-state index in [2.05, 4.69) is 0 Å². The zero-order valence-electron chi connectivity index (χ0n) is 7.71. The number of fused-ring (bicyclic) bond motifs is 2. The van der Waals surface area contributed by atoms with Crippen LogP contribution in [0.3, 0.4) is 0 Å². The Labute approximate surface area is 86.8 Å². The minimum absolute atomic E-state index is 0.0703. The monoisotopic (exact) mass is 208 g/mol. The third-order valence-electron chi connectivity index (χ3n) is 3.14. The summed E-state index contributed by atoms with van der Waals surface area (Å²) in [5, 5.41) is 0.612. The molecule has 14 heavy (non-hydrogen) atoms. The molecule has 1 aromatic carbocycles. The smallest absolute Gasteiger partial charge is 0.176 e. The molecular weight excluding hydrogens is 200 g/mol. The predicted octanol–water partition coefficient (Wildman–Crippen LogP) is 2.69. The maximum Gasteiger partial charge on any atom is 0.176 e. The van der Waals surface area contributed by atoms with Crippen molar-refractivity contribution >= 4 is 17.4 Å². The molecule has 3 rings (SSSR count). The first-order valence-corrected chi connectivity index (χ1v) is 5.00. The molecule has 2 nitrogen and oxygen atoms in total. The molecule has 0 amide bonds. The molecule has 0 bridgehead atoms. The molecule has 2 atom stereocenters. The number of ketones is 1. The second kappa shape index (κ2) is 2.31. The molecular formula is C11H9ClO2. The van der Waals surface area contributed by atoms with Crippen LogP contribution in [0.25, 0.3) is 0 Å². The Morgan fingerprint density at radius 2 is 2.36 bits per heavy atom. The average Bonchev–Trinajstić information content (AvgIpc) is 2.78. The van der Waals surface area contributed by atoms with Crippen LogP contribution in [0.5, 0.6) is 5.75 Å². The first-order valence-electron chi connectivity index (χ1n) is 4.62. The van der Waals surface area contributed by atoms with Gasteiger partial charge in [0.1, 0.15) is 11.9 Å². The fourth-order valence-corrected chi connectivity index (χ4v) is 2.14. The molecule has 0 radical (unpaired) electrons. The highest BCUT2D eigenvalue weighted by Crippen LogP contribution is 2.55. The number of rotatable bonds is 0. The number of hydrogen-bond donors (Lipinski definition) is 0. The number of ether oxygens (including phenoxy) is 1. The summed E-state index contributed by atoms with van der Waals surface area (Å²) >= 11 is 5.83. The van der Waals surface area contributed by atoms with Gasteiger partial charge >= 0.3 is 0 Å². The van der Waals surface area contributed by atoms with Crippen molar-refractivity contribution in [2.75, 3.05) is 0 Å². The molecule has 2 unspecified atom stereocenters. The Morgan fingerprint density at radius 1 is 1.57 bits per heavy atom. The second-order valence-corrected chi connectivity index (χ2v) is 4.63. The van der Waals surface area contributed by atoms with E-state index < -0.39 is 0 Å². The molecule has 3 heteroatoms. The minimum Gasteiger partial charge on any atom is -0.489 e. The minimum atomic E-state index is -0.263. The van der Waals surface area contributed by atoms with Gasteiger partial charge < -0.3 is 4.74 Å². The first-order chi connectivity index (χ1) is 6.61. The molecule has 1 heterocycles. The van der Waals surface area contributed by atoms with Gasteiger partial charge in [0.05, 0.1) is 11.0 Å². The normalized spacial score (nSPS) is 33.0. The van der Waals surface area contributed by atoms with Gasteiger partial charge in [0.2, 0.25) is 0 Å². The molecule has 0 saturated heterocycles. The summed E-state index contributed by atoms with van der Waals surface area (Å²) in [6.07, 6.45) is 0.902. The summed E-state index contributed by atoms with van der Waals surface area (Å²) in [5.74, 6) is 0.836. The van der Waals surface area contributed by atoms with E-state index in [0.29, 0.717) is 16.3 Å². The molecule has 2 aliphatic rings. The van der Waals surface area contributed by atoms with Gasteiger partial charge in [-0.2, -0.15) is 0 Å². The molecule has 1 aliphatic carbocycles. The molecule has 0 spiro atoms. The maximum atomic E-state index is 12.0. The molecule has 1 saturated carbocycles. The number of benzene rings is 1. The lowest BCUT2D eigenvalue weighted by molar-refractivity contribution is 0.0838. The van der Waals surface area contributed by atoms with Crippen molar-refractivity contribution in [1.29, 1.82) is 0 Å². The topological polar surface area (TPSA) is 26.3 Å². The van der Waals surface area contributed by atoms with E-state index in [4.69, 9.17) is 16.3 Å². The highest BCUT2D eigenvalue weighted by molar-refractivity contribution is 6.31. The van der Waals surface area contributed by atoms with Crippen LogP contribution in [0.15, 0.2) is 18.2 Å². The van der Waals surface area contributed by atoms with E-state index in [1.807, 2.05) is 6.92 Å². The van der Waals surface area contributed by atoms with Crippen LogP contribution < -0.4 is 4.74 Å². The summed E-state index contributed by atoms with van der Waals surface area (Å²) < 4.78 is 5.65. The first kappa shape index (κ1) is 8.30. The van der Waals surface area contributed by atoms with Crippen LogP contribution in [0.4, 0.5) is 0 Å². The van der Waals surface area contributed by atoms with E-state index in [-0.39, 0.29) is 17.3 Å². The van der Waals surface area contributed by atoms with Crippen LogP contribution in [0.2, 0.25) is 5.02 Å². The molecule has 72 valence electrons. The number of carbonyl (C=O) groups is 1. The highest BCUT2D eigenvalue weighted by atomic mass is 35.5. The van der Waals surface area contributed by atoms with Crippen molar-refractivity contribution in [3.05, 3.63) is 28.8 Å². The highest BCUT2D eigenvalue weighted by Gasteiger charge is 2.61. The number of carbonyl (C=O) groups excluding carboxylic acids is 1. The third kappa shape index (κ3) is 0.894. The predicted molar refractivity (Wildman–Crippen MR) is 52.9 cm³/mol. The van der Waals surface area contributed by atoms with Crippen molar-refractivity contribution in [3.8, 4) is 5.75 Å². The van der Waals surface area contributed by atoms with Crippen LogP contribution in [0.1, 0.15) is 23.7 Å². The van der Waals surface area contributed by atoms with Gasteiger partial charge in [0.25, 0.3) is 0 Å². The van der Waals surface area contributed by atoms with Gasteiger partial charge in [-0.1, -0.05) is 11.6 Å². The summed E-state index contributed by atoms with van der Waals surface area (Å²) in [4.78, 5) is 12.0. The largest absolute Gasteiger partial charge is 0.489 e. The summed E-state index contributed by atoms with van der Waals surface area (Å²) in [6, 6.07) is 5.19. The van der Waals surface area contributed by atoms with E-state index >= 15 is 0 Å². The fraction of sp³-hybridized carbons (Fsp3) is 0.364. The van der Waals surface area contributed by atoms with Gasteiger partial charge in [-0.3, -0.25) is 4.79 Å². The Bertz CT molecular complexity index is 441. The molecule has 0 N–H and O–H groups in total. The maximum absolute atomic E-state index is 12.0. The van der Waals surface area contributed by atoms with Crippen molar-refractivity contribution in [2.24, 2.45) is 5.41 Å². The average molecular weight is 209 g/mol. The van der Waals surface area contributed by atoms with Crippen LogP contribution in [-0.2, 0) is 0 Å². The Kier molecular flexibility index (Phi) is 1.37. The van der Waals surface area contributed by atoms with Crippen LogP contribution in [0, 0.1) is 5.41 Å². The van der Waals surface area contributed by atoms with E-state index in [1.54, 1.807) is 18.2 Å². The van der Waals surface area contributed by atoms with Crippen molar-refractivity contribution in [1.82, 2.24) is 0 Å². The standard InChI is InChI=1S/C11H9ClO2/c1-11-5-9(11)14-8-4-6(12)2-3-7(8)10(11)13/h2-4,9H,5H2,1H3. The Morgan fingerprint density at radius 3 is 3.14 bits per heavy atom. The lowest BCUT2D eigenvalue weighted by atomic mass is 9.94. The van der Waals surface area contributed by atoms with Crippen LogP contribution >= 0.6 is 11.6 Å². The lowest BCUT2D eigenvalue weighted by Crippen LogP contribution is -2.25. The summed E-state index contributed by atoms with van der Waals surface area (Å²) in [6.45, 7) is 1.96. The SMILES string of the molecule is CC12CC1Oc1cc(Cl)ccc1C2=O. The van der Waals surface area contributed by atoms with Crippen molar-refractivity contribution < 1.29 is 9.53 Å². The zero-order chi connectivity index (χ0) is 9.92. The van der Waals surface area contributed by atoms with E-state index in [0.717, 1.165) is 6.42 Å². The Hall–Kier alpha value is -1.02. The molecule has 1 fully saturated rings. The third-order valence-corrected chi connectivity index (χ3v) is 3.37. The fourth-order valence-electron chi connectivity index (χ4n) is 1.98. The van der Waals surface area contributed by atoms with Crippen molar-refractivity contribution in [2.45, 2.75) is 19.4 Å². The van der Waals surface area contributed by atoms with Crippen LogP contribution in [-0.4, -0.2) is 11.9 Å². The molecule has 1 aromatic rings. The van der Waals surface area contributed by atoms with Gasteiger partial charge in [-0.25, -0.2) is 0 Å². The number of hydrogen-bond acceptors (Lipinski definition) is 2. The zero-order valence-corrected chi connectivity index (χ0v) is 8.47. The molecule has 0 aromatic heterocycles. The molecule has 1 aliphatic heterocycles. The number of Topliss-reactive ketones (excluding diaryl/α,β-unsaturated/α-hetero) is 1. The van der Waals surface area contributed by atoms with E-state index in [9.17, 15) is 4.79 Å². The second-order valence-electron chi connectivity index (χ2n) is 4.20. The van der Waals surface area contributed by atoms with Crippen molar-refractivity contribution in [3.63, 3.8) is 0 Å². The summed E-state index contributed by atoms with van der Waals surface area (Å²) in [5.41, 5.74) is 0.409. The lowest BCUT2D eigenvalue weighted by Gasteiger charge is -2.20. The van der Waals surface area contributed by atoms with E-state index in [1.165, 1.54) is 0 Å². The number of halogens is 1. The summed E-state index contributed by atoms with van der Waals surface area (Å²) in [7, 11) is 0. The van der Waals surface area contributed by atoms with Gasteiger partial charge in [0, 0.05) is 11.4 Å².